The van der Waals surface area contributed by atoms with Crippen molar-refractivity contribution >= 4 is 5.57 Å². The van der Waals surface area contributed by atoms with Gasteiger partial charge in [0.15, 0.2) is 6.17 Å². The van der Waals surface area contributed by atoms with E-state index in [9.17, 15) is 4.39 Å². The van der Waals surface area contributed by atoms with E-state index in [4.69, 9.17) is 11.5 Å². The first-order valence-corrected chi connectivity index (χ1v) is 4.78. The molecule has 0 aliphatic heterocycles. The van der Waals surface area contributed by atoms with Gasteiger partial charge < -0.3 is 11.5 Å². The molecule has 0 bridgehead atoms. The van der Waals surface area contributed by atoms with Gasteiger partial charge in [-0.05, 0) is 23.3 Å². The molecule has 1 atom stereocenters. The molecule has 1 aliphatic rings. The van der Waals surface area contributed by atoms with Crippen molar-refractivity contribution in [1.82, 2.24) is 0 Å². The Morgan fingerprint density at radius 1 is 1.13 bits per heavy atom. The van der Waals surface area contributed by atoms with Crippen molar-refractivity contribution < 1.29 is 4.39 Å². The van der Waals surface area contributed by atoms with Gasteiger partial charge in [0.25, 0.3) is 0 Å². The highest BCUT2D eigenvalue weighted by molar-refractivity contribution is 5.76. The molecule has 1 unspecified atom stereocenters. The molecule has 0 saturated heterocycles. The Hall–Kier alpha value is -1.45. The molecule has 78 valence electrons. The summed E-state index contributed by atoms with van der Waals surface area (Å²) in [5.41, 5.74) is 11.5. The second-order valence-electron chi connectivity index (χ2n) is 3.72. The van der Waals surface area contributed by atoms with Crippen LogP contribution in [0.5, 0.6) is 0 Å². The summed E-state index contributed by atoms with van der Waals surface area (Å²) in [6.07, 6.45) is 3.36. The molecule has 0 radical (unpaired) electrons. The Balaban J connectivity index is 2.32. The third-order valence-electron chi connectivity index (χ3n) is 2.46. The molecule has 2 nitrogen and oxygen atoms in total. The molecule has 0 heterocycles. The zero-order valence-corrected chi connectivity index (χ0v) is 8.23. The molecule has 1 aromatic carbocycles. The van der Waals surface area contributed by atoms with Crippen LogP contribution in [0.2, 0.25) is 0 Å². The SMILES string of the molecule is NC1(N)C=CC(c2ccccc2)=CC1F. The fraction of sp³-hybridized carbons (Fsp3) is 0.167. The summed E-state index contributed by atoms with van der Waals surface area (Å²) in [6.45, 7) is 0. The highest BCUT2D eigenvalue weighted by Gasteiger charge is 2.29. The maximum Gasteiger partial charge on any atom is 0.154 e. The maximum absolute atomic E-state index is 13.5. The number of benzene rings is 1. The first-order valence-electron chi connectivity index (χ1n) is 4.78. The van der Waals surface area contributed by atoms with Crippen LogP contribution in [-0.4, -0.2) is 11.8 Å². The second-order valence-corrected chi connectivity index (χ2v) is 3.72. The van der Waals surface area contributed by atoms with Gasteiger partial charge in [-0.2, -0.15) is 0 Å². The van der Waals surface area contributed by atoms with Crippen LogP contribution in [0.3, 0.4) is 0 Å². The number of allylic oxidation sites excluding steroid dienone is 2. The largest absolute Gasteiger partial charge is 0.307 e. The summed E-state index contributed by atoms with van der Waals surface area (Å²) in [7, 11) is 0. The van der Waals surface area contributed by atoms with Gasteiger partial charge in [0.05, 0.1) is 0 Å². The zero-order valence-electron chi connectivity index (χ0n) is 8.23. The second kappa shape index (κ2) is 3.61. The van der Waals surface area contributed by atoms with E-state index in [1.807, 2.05) is 30.3 Å². The molecular weight excluding hydrogens is 191 g/mol. The fourth-order valence-electron chi connectivity index (χ4n) is 1.51. The van der Waals surface area contributed by atoms with E-state index < -0.39 is 11.8 Å². The minimum absolute atomic E-state index is 0.814. The van der Waals surface area contributed by atoms with Gasteiger partial charge in [0.1, 0.15) is 5.66 Å². The van der Waals surface area contributed by atoms with Crippen LogP contribution < -0.4 is 11.5 Å². The van der Waals surface area contributed by atoms with Gasteiger partial charge in [0.2, 0.25) is 0 Å². The van der Waals surface area contributed by atoms with E-state index in [1.54, 1.807) is 6.08 Å². The number of hydrogen-bond acceptors (Lipinski definition) is 2. The normalized spacial score (nSPS) is 23.7. The molecule has 2 rings (SSSR count). The van der Waals surface area contributed by atoms with Crippen molar-refractivity contribution in [3.63, 3.8) is 0 Å². The predicted octanol–water partition coefficient (Wildman–Crippen LogP) is 1.59. The standard InChI is InChI=1S/C12H13FN2/c13-11-8-10(6-7-12(11,14)15)9-4-2-1-3-5-9/h1-8,11H,14-15H2. The van der Waals surface area contributed by atoms with Crippen molar-refractivity contribution in [2.75, 3.05) is 0 Å². The minimum Gasteiger partial charge on any atom is -0.307 e. The summed E-state index contributed by atoms with van der Waals surface area (Å²) in [6, 6.07) is 9.57. The summed E-state index contributed by atoms with van der Waals surface area (Å²) in [5, 5.41) is 0. The third-order valence-corrected chi connectivity index (χ3v) is 2.46. The van der Waals surface area contributed by atoms with Crippen LogP contribution in [0, 0.1) is 0 Å². The molecule has 3 heteroatoms. The van der Waals surface area contributed by atoms with Crippen LogP contribution in [0.25, 0.3) is 5.57 Å². The molecule has 0 amide bonds. The fourth-order valence-corrected chi connectivity index (χ4v) is 1.51. The van der Waals surface area contributed by atoms with Gasteiger partial charge in [-0.1, -0.05) is 36.4 Å². The lowest BCUT2D eigenvalue weighted by Crippen LogP contribution is -2.55. The van der Waals surface area contributed by atoms with Crippen molar-refractivity contribution in [3.05, 3.63) is 54.1 Å². The third kappa shape index (κ3) is 1.98. The Morgan fingerprint density at radius 3 is 2.40 bits per heavy atom. The van der Waals surface area contributed by atoms with Gasteiger partial charge in [-0.15, -0.1) is 0 Å². The summed E-state index contributed by atoms with van der Waals surface area (Å²) in [4.78, 5) is 0. The van der Waals surface area contributed by atoms with E-state index in [2.05, 4.69) is 0 Å². The monoisotopic (exact) mass is 204 g/mol. The quantitative estimate of drug-likeness (QED) is 0.682. The Kier molecular flexibility index (Phi) is 2.42. The molecular formula is C12H13FN2. The van der Waals surface area contributed by atoms with Crippen LogP contribution >= 0.6 is 0 Å². The highest BCUT2D eigenvalue weighted by atomic mass is 19.1. The predicted molar refractivity (Wildman–Crippen MR) is 59.6 cm³/mol. The van der Waals surface area contributed by atoms with Crippen LogP contribution in [0.4, 0.5) is 4.39 Å². The first kappa shape index (κ1) is 10.1. The van der Waals surface area contributed by atoms with E-state index in [1.165, 1.54) is 12.2 Å². The first-order chi connectivity index (χ1) is 7.09. The van der Waals surface area contributed by atoms with Crippen molar-refractivity contribution in [1.29, 1.82) is 0 Å². The zero-order chi connectivity index (χ0) is 10.9. The average Bonchev–Trinajstić information content (AvgIpc) is 2.23. The smallest absolute Gasteiger partial charge is 0.154 e. The van der Waals surface area contributed by atoms with Gasteiger partial charge in [0, 0.05) is 0 Å². The number of halogens is 1. The van der Waals surface area contributed by atoms with Crippen molar-refractivity contribution in [2.45, 2.75) is 11.8 Å². The van der Waals surface area contributed by atoms with Crippen LogP contribution in [-0.2, 0) is 0 Å². The number of nitrogens with two attached hydrogens (primary N) is 2. The molecule has 0 saturated carbocycles. The number of rotatable bonds is 1. The van der Waals surface area contributed by atoms with E-state index >= 15 is 0 Å². The highest BCUT2D eigenvalue weighted by Crippen LogP contribution is 2.24. The molecule has 1 aliphatic carbocycles. The summed E-state index contributed by atoms with van der Waals surface area (Å²) in [5.74, 6) is 0. The van der Waals surface area contributed by atoms with E-state index in [0.717, 1.165) is 11.1 Å². The van der Waals surface area contributed by atoms with Crippen LogP contribution in [0.15, 0.2) is 48.6 Å². The lowest BCUT2D eigenvalue weighted by molar-refractivity contribution is 0.284. The summed E-state index contributed by atoms with van der Waals surface area (Å²) < 4.78 is 13.5. The number of hydrogen-bond donors (Lipinski definition) is 2. The average molecular weight is 204 g/mol. The van der Waals surface area contributed by atoms with Gasteiger partial charge >= 0.3 is 0 Å². The van der Waals surface area contributed by atoms with Gasteiger partial charge in [-0.25, -0.2) is 4.39 Å². The molecule has 1 aromatic rings. The van der Waals surface area contributed by atoms with Gasteiger partial charge in [-0.3, -0.25) is 0 Å². The Bertz CT molecular complexity index is 407. The molecule has 0 fully saturated rings. The van der Waals surface area contributed by atoms with Crippen molar-refractivity contribution in [2.24, 2.45) is 11.5 Å². The van der Waals surface area contributed by atoms with Crippen molar-refractivity contribution in [3.8, 4) is 0 Å². The summed E-state index contributed by atoms with van der Waals surface area (Å²) >= 11 is 0. The molecule has 0 spiro atoms. The number of alkyl halides is 1. The lowest BCUT2D eigenvalue weighted by Gasteiger charge is -2.26. The van der Waals surface area contributed by atoms with E-state index in [-0.39, 0.29) is 0 Å². The maximum atomic E-state index is 13.5. The lowest BCUT2D eigenvalue weighted by atomic mass is 9.93. The Labute approximate surface area is 88.1 Å². The Morgan fingerprint density at radius 2 is 1.80 bits per heavy atom. The molecule has 0 aromatic heterocycles. The van der Waals surface area contributed by atoms with Crippen LogP contribution in [0.1, 0.15) is 5.56 Å². The minimum atomic E-state index is -1.38. The molecule has 4 N–H and O–H groups in total. The molecule has 15 heavy (non-hydrogen) atoms. The topological polar surface area (TPSA) is 52.0 Å². The van der Waals surface area contributed by atoms with E-state index in [0.29, 0.717) is 0 Å².